The van der Waals surface area contributed by atoms with E-state index >= 15 is 0 Å². The number of fused-ring (bicyclic) bond motifs is 1. The summed E-state index contributed by atoms with van der Waals surface area (Å²) in [5.41, 5.74) is 3.32. The van der Waals surface area contributed by atoms with Crippen molar-refractivity contribution in [1.82, 2.24) is 19.5 Å². The minimum atomic E-state index is 0.738. The normalized spacial score (nSPS) is 15.2. The first-order valence-corrected chi connectivity index (χ1v) is 8.63. The molecule has 3 aromatic rings. The number of ether oxygens (including phenoxy) is 1. The molecule has 6 nitrogen and oxygen atoms in total. The van der Waals surface area contributed by atoms with E-state index in [4.69, 9.17) is 14.8 Å². The van der Waals surface area contributed by atoms with E-state index in [1.807, 2.05) is 22.7 Å². The Kier molecular flexibility index (Phi) is 4.38. The Balaban J connectivity index is 1.84. The van der Waals surface area contributed by atoms with Gasteiger partial charge >= 0.3 is 0 Å². The van der Waals surface area contributed by atoms with Crippen molar-refractivity contribution in [2.24, 2.45) is 0 Å². The van der Waals surface area contributed by atoms with Gasteiger partial charge in [0.2, 0.25) is 0 Å². The van der Waals surface area contributed by atoms with E-state index in [9.17, 15) is 0 Å². The minimum absolute atomic E-state index is 0.738. The van der Waals surface area contributed by atoms with Crippen LogP contribution in [0.25, 0.3) is 16.9 Å². The van der Waals surface area contributed by atoms with Crippen molar-refractivity contribution < 1.29 is 4.74 Å². The Morgan fingerprint density at radius 1 is 1.12 bits per heavy atom. The van der Waals surface area contributed by atoms with Gasteiger partial charge in [0.25, 0.3) is 0 Å². The maximum absolute atomic E-state index is 5.51. The van der Waals surface area contributed by atoms with Crippen LogP contribution in [0.1, 0.15) is 5.56 Å². The van der Waals surface area contributed by atoms with Crippen LogP contribution in [0, 0.1) is 0 Å². The Bertz CT molecular complexity index is 853. The summed E-state index contributed by atoms with van der Waals surface area (Å²) in [5, 5.41) is 4.76. The SMILES string of the molecule is CN(C)Cc1cc2c(N3CCOCC3)nc(-c3ccccc3)nn2c1. The molecule has 6 heteroatoms. The zero-order valence-corrected chi connectivity index (χ0v) is 14.7. The van der Waals surface area contributed by atoms with Gasteiger partial charge in [-0.3, -0.25) is 0 Å². The second-order valence-electron chi connectivity index (χ2n) is 6.64. The van der Waals surface area contributed by atoms with Gasteiger partial charge in [0.15, 0.2) is 11.6 Å². The lowest BCUT2D eigenvalue weighted by molar-refractivity contribution is 0.122. The Morgan fingerprint density at radius 2 is 1.88 bits per heavy atom. The number of hydrogen-bond donors (Lipinski definition) is 0. The summed E-state index contributed by atoms with van der Waals surface area (Å²) in [6.45, 7) is 4.07. The van der Waals surface area contributed by atoms with E-state index in [1.54, 1.807) is 0 Å². The monoisotopic (exact) mass is 337 g/mol. The van der Waals surface area contributed by atoms with Gasteiger partial charge in [0, 0.05) is 31.4 Å². The van der Waals surface area contributed by atoms with Crippen LogP contribution in [0.3, 0.4) is 0 Å². The number of hydrogen-bond acceptors (Lipinski definition) is 5. The van der Waals surface area contributed by atoms with Gasteiger partial charge in [0.05, 0.1) is 13.2 Å². The first-order valence-electron chi connectivity index (χ1n) is 8.63. The molecule has 0 radical (unpaired) electrons. The predicted molar refractivity (Wildman–Crippen MR) is 98.8 cm³/mol. The van der Waals surface area contributed by atoms with Crippen LogP contribution < -0.4 is 4.90 Å². The molecular weight excluding hydrogens is 314 g/mol. The van der Waals surface area contributed by atoms with Gasteiger partial charge in [-0.15, -0.1) is 5.10 Å². The molecule has 0 aliphatic carbocycles. The lowest BCUT2D eigenvalue weighted by atomic mass is 10.2. The van der Waals surface area contributed by atoms with Crippen molar-refractivity contribution in [3.8, 4) is 11.4 Å². The molecule has 1 fully saturated rings. The van der Waals surface area contributed by atoms with Crippen molar-refractivity contribution in [3.63, 3.8) is 0 Å². The largest absolute Gasteiger partial charge is 0.378 e. The number of anilines is 1. The standard InChI is InChI=1S/C19H23N5O/c1-22(2)13-15-12-17-19(23-8-10-25-11-9-23)20-18(21-24(17)14-15)16-6-4-3-5-7-16/h3-7,12,14H,8-11,13H2,1-2H3. The summed E-state index contributed by atoms with van der Waals surface area (Å²) in [6.07, 6.45) is 2.10. The molecule has 25 heavy (non-hydrogen) atoms. The number of morpholine rings is 1. The van der Waals surface area contributed by atoms with E-state index in [2.05, 4.69) is 48.3 Å². The molecule has 130 valence electrons. The predicted octanol–water partition coefficient (Wildman–Crippen LogP) is 2.29. The van der Waals surface area contributed by atoms with Crippen LogP contribution in [0.15, 0.2) is 42.6 Å². The molecule has 1 saturated heterocycles. The second-order valence-corrected chi connectivity index (χ2v) is 6.64. The molecule has 1 aromatic carbocycles. The lowest BCUT2D eigenvalue weighted by Gasteiger charge is -2.28. The third-order valence-electron chi connectivity index (χ3n) is 4.34. The molecule has 0 amide bonds. The summed E-state index contributed by atoms with van der Waals surface area (Å²) >= 11 is 0. The molecule has 4 rings (SSSR count). The van der Waals surface area contributed by atoms with Crippen molar-refractivity contribution in [2.45, 2.75) is 6.54 Å². The smallest absolute Gasteiger partial charge is 0.182 e. The number of benzene rings is 1. The zero-order valence-electron chi connectivity index (χ0n) is 14.7. The summed E-state index contributed by atoms with van der Waals surface area (Å²) in [5.74, 6) is 1.74. The van der Waals surface area contributed by atoms with E-state index < -0.39 is 0 Å². The number of rotatable bonds is 4. The Morgan fingerprint density at radius 3 is 2.60 bits per heavy atom. The van der Waals surface area contributed by atoms with Gasteiger partial charge in [-0.1, -0.05) is 30.3 Å². The average Bonchev–Trinajstić information content (AvgIpc) is 3.04. The highest BCUT2D eigenvalue weighted by atomic mass is 16.5. The third kappa shape index (κ3) is 3.36. The molecule has 0 unspecified atom stereocenters. The molecule has 0 N–H and O–H groups in total. The van der Waals surface area contributed by atoms with E-state index in [0.29, 0.717) is 0 Å². The number of nitrogens with zero attached hydrogens (tertiary/aromatic N) is 5. The van der Waals surface area contributed by atoms with Gasteiger partial charge in [0.1, 0.15) is 5.52 Å². The van der Waals surface area contributed by atoms with Gasteiger partial charge in [-0.25, -0.2) is 9.50 Å². The molecule has 0 bridgehead atoms. The fourth-order valence-corrected chi connectivity index (χ4v) is 3.21. The fraction of sp³-hybridized carbons (Fsp3) is 0.368. The first-order chi connectivity index (χ1) is 12.2. The van der Waals surface area contributed by atoms with E-state index in [1.165, 1.54) is 5.56 Å². The molecular formula is C19H23N5O. The highest BCUT2D eigenvalue weighted by Gasteiger charge is 2.19. The topological polar surface area (TPSA) is 45.9 Å². The van der Waals surface area contributed by atoms with Crippen molar-refractivity contribution in [2.75, 3.05) is 45.3 Å². The van der Waals surface area contributed by atoms with Gasteiger partial charge < -0.3 is 14.5 Å². The van der Waals surface area contributed by atoms with Gasteiger partial charge in [-0.2, -0.15) is 0 Å². The maximum atomic E-state index is 5.51. The summed E-state index contributed by atoms with van der Waals surface area (Å²) in [4.78, 5) is 9.37. The maximum Gasteiger partial charge on any atom is 0.182 e. The minimum Gasteiger partial charge on any atom is -0.378 e. The highest BCUT2D eigenvalue weighted by molar-refractivity contribution is 5.72. The molecule has 0 saturated carbocycles. The summed E-state index contributed by atoms with van der Waals surface area (Å²) in [6, 6.07) is 12.3. The van der Waals surface area contributed by atoms with Gasteiger partial charge in [-0.05, 0) is 25.7 Å². The Hall–Kier alpha value is -2.44. The molecule has 0 atom stereocenters. The van der Waals surface area contributed by atoms with Crippen LogP contribution in [-0.2, 0) is 11.3 Å². The van der Waals surface area contributed by atoms with Crippen molar-refractivity contribution >= 4 is 11.3 Å². The van der Waals surface area contributed by atoms with Crippen LogP contribution in [-0.4, -0.2) is 59.9 Å². The van der Waals surface area contributed by atoms with Crippen LogP contribution in [0.2, 0.25) is 0 Å². The summed E-state index contributed by atoms with van der Waals surface area (Å²) in [7, 11) is 4.15. The van der Waals surface area contributed by atoms with Crippen LogP contribution in [0.5, 0.6) is 0 Å². The van der Waals surface area contributed by atoms with Crippen LogP contribution in [0.4, 0.5) is 5.82 Å². The average molecular weight is 337 g/mol. The zero-order chi connectivity index (χ0) is 17.2. The molecule has 2 aromatic heterocycles. The third-order valence-corrected chi connectivity index (χ3v) is 4.34. The quantitative estimate of drug-likeness (QED) is 0.731. The molecule has 3 heterocycles. The number of aromatic nitrogens is 3. The highest BCUT2D eigenvalue weighted by Crippen LogP contribution is 2.26. The van der Waals surface area contributed by atoms with Crippen molar-refractivity contribution in [1.29, 1.82) is 0 Å². The second kappa shape index (κ2) is 6.82. The Labute approximate surface area is 147 Å². The van der Waals surface area contributed by atoms with Crippen molar-refractivity contribution in [3.05, 3.63) is 48.2 Å². The first kappa shape index (κ1) is 16.1. The molecule has 0 spiro atoms. The van der Waals surface area contributed by atoms with Crippen LogP contribution >= 0.6 is 0 Å². The summed E-state index contributed by atoms with van der Waals surface area (Å²) < 4.78 is 7.48. The van der Waals surface area contributed by atoms with E-state index in [0.717, 1.165) is 55.6 Å². The lowest BCUT2D eigenvalue weighted by Crippen LogP contribution is -2.37. The molecule has 1 aliphatic rings. The fourth-order valence-electron chi connectivity index (χ4n) is 3.21. The molecule has 1 aliphatic heterocycles. The van der Waals surface area contributed by atoms with E-state index in [-0.39, 0.29) is 0 Å².